The number of nitro groups is 1. The zero-order valence-electron chi connectivity index (χ0n) is 25.7. The van der Waals surface area contributed by atoms with Gasteiger partial charge in [-0.1, -0.05) is 60.2 Å². The fraction of sp³-hybridized carbons (Fsp3) is 0.290. The molecule has 0 radical (unpaired) electrons. The van der Waals surface area contributed by atoms with Crippen molar-refractivity contribution in [1.29, 1.82) is 0 Å². The number of ether oxygens (including phenoxy) is 2. The molecule has 0 spiro atoms. The molecular formula is C31H32N4O11S2. The van der Waals surface area contributed by atoms with Gasteiger partial charge in [-0.2, -0.15) is 8.42 Å². The van der Waals surface area contributed by atoms with Gasteiger partial charge in [-0.05, 0) is 37.6 Å². The number of nitrogens with zero attached hydrogens (tertiary/aromatic N) is 2. The highest BCUT2D eigenvalue weighted by molar-refractivity contribution is 7.89. The third kappa shape index (κ3) is 7.95. The van der Waals surface area contributed by atoms with Crippen LogP contribution in [0.2, 0.25) is 0 Å². The van der Waals surface area contributed by atoms with Gasteiger partial charge in [0.05, 0.1) is 29.1 Å². The second-order valence-corrected chi connectivity index (χ2v) is 14.4. The third-order valence-corrected chi connectivity index (χ3v) is 10.5. The SMILES string of the molecule is Cc1ccc(S(=O)(=O)OCC(OCc2ccccc2)[C@H]2O[C@@H](n3cc(C)c(=O)[nH]c3=O)C[C@@H]2NS(=O)(=O)c2ccccc2[N+](=O)[O-])cc1. The Hall–Kier alpha value is -4.52. The molecule has 5 rings (SSSR count). The highest BCUT2D eigenvalue weighted by atomic mass is 32.2. The molecular weight excluding hydrogens is 668 g/mol. The van der Waals surface area contributed by atoms with Gasteiger partial charge in [-0.3, -0.25) is 28.6 Å². The Morgan fingerprint density at radius 2 is 1.67 bits per heavy atom. The summed E-state index contributed by atoms with van der Waals surface area (Å²) in [5, 5.41) is 11.7. The Morgan fingerprint density at radius 3 is 2.35 bits per heavy atom. The monoisotopic (exact) mass is 700 g/mol. The minimum absolute atomic E-state index is 0.0642. The predicted octanol–water partition coefficient (Wildman–Crippen LogP) is 2.69. The lowest BCUT2D eigenvalue weighted by Crippen LogP contribution is -2.48. The van der Waals surface area contributed by atoms with Crippen molar-refractivity contribution in [2.75, 3.05) is 6.61 Å². The average molecular weight is 701 g/mol. The first-order chi connectivity index (χ1) is 22.7. The van der Waals surface area contributed by atoms with Crippen LogP contribution in [0, 0.1) is 24.0 Å². The molecule has 48 heavy (non-hydrogen) atoms. The maximum atomic E-state index is 13.6. The van der Waals surface area contributed by atoms with Crippen molar-refractivity contribution < 1.29 is 35.4 Å². The lowest BCUT2D eigenvalue weighted by atomic mass is 10.1. The number of aromatic amines is 1. The van der Waals surface area contributed by atoms with Crippen molar-refractivity contribution >= 4 is 25.8 Å². The van der Waals surface area contributed by atoms with Crippen molar-refractivity contribution in [1.82, 2.24) is 14.3 Å². The largest absolute Gasteiger partial charge is 0.368 e. The summed E-state index contributed by atoms with van der Waals surface area (Å²) in [6.45, 7) is 2.56. The molecule has 2 heterocycles. The number of sulfonamides is 1. The van der Waals surface area contributed by atoms with E-state index in [1.54, 1.807) is 49.4 Å². The molecule has 1 fully saturated rings. The predicted molar refractivity (Wildman–Crippen MR) is 171 cm³/mol. The van der Waals surface area contributed by atoms with Crippen LogP contribution in [0.5, 0.6) is 0 Å². The summed E-state index contributed by atoms with van der Waals surface area (Å²) < 4.78 is 74.9. The van der Waals surface area contributed by atoms with Gasteiger partial charge in [-0.15, -0.1) is 0 Å². The highest BCUT2D eigenvalue weighted by Gasteiger charge is 2.45. The Kier molecular flexibility index (Phi) is 10.4. The number of nitro benzene ring substituents is 1. The summed E-state index contributed by atoms with van der Waals surface area (Å²) in [5.74, 6) is 0. The van der Waals surface area contributed by atoms with Crippen molar-refractivity contribution in [3.05, 3.63) is 133 Å². The van der Waals surface area contributed by atoms with Gasteiger partial charge in [-0.25, -0.2) is 17.9 Å². The van der Waals surface area contributed by atoms with Crippen molar-refractivity contribution in [2.45, 2.75) is 61.1 Å². The molecule has 1 unspecified atom stereocenters. The number of nitrogens with one attached hydrogen (secondary N) is 2. The number of hydrogen-bond acceptors (Lipinski definition) is 11. The van der Waals surface area contributed by atoms with Crippen molar-refractivity contribution in [2.24, 2.45) is 0 Å². The van der Waals surface area contributed by atoms with E-state index in [-0.39, 0.29) is 23.5 Å². The summed E-state index contributed by atoms with van der Waals surface area (Å²) in [6, 6.07) is 18.3. The summed E-state index contributed by atoms with van der Waals surface area (Å²) >= 11 is 0. The molecule has 3 aromatic carbocycles. The maximum Gasteiger partial charge on any atom is 0.330 e. The number of rotatable bonds is 13. The summed E-state index contributed by atoms with van der Waals surface area (Å²) in [7, 11) is -8.93. The van der Waals surface area contributed by atoms with E-state index in [4.69, 9.17) is 13.7 Å². The van der Waals surface area contributed by atoms with Crippen molar-refractivity contribution in [3.63, 3.8) is 0 Å². The normalized spacial score (nSPS) is 18.8. The number of benzene rings is 3. The van der Waals surface area contributed by atoms with Crippen LogP contribution < -0.4 is 16.0 Å². The van der Waals surface area contributed by atoms with Crippen LogP contribution in [0.1, 0.15) is 29.3 Å². The van der Waals surface area contributed by atoms with Crippen LogP contribution in [0.3, 0.4) is 0 Å². The van der Waals surface area contributed by atoms with Crippen LogP contribution in [0.25, 0.3) is 0 Å². The zero-order chi connectivity index (χ0) is 34.6. The van der Waals surface area contributed by atoms with Crippen LogP contribution >= 0.6 is 0 Å². The van der Waals surface area contributed by atoms with Gasteiger partial charge < -0.3 is 9.47 Å². The fourth-order valence-electron chi connectivity index (χ4n) is 5.17. The van der Waals surface area contributed by atoms with Crippen LogP contribution in [-0.4, -0.2) is 56.2 Å². The zero-order valence-corrected chi connectivity index (χ0v) is 27.3. The van der Waals surface area contributed by atoms with Crippen molar-refractivity contribution in [3.8, 4) is 0 Å². The maximum absolute atomic E-state index is 13.6. The summed E-state index contributed by atoms with van der Waals surface area (Å²) in [5.41, 5.74) is -0.445. The molecule has 0 amide bonds. The Labute approximate surface area is 275 Å². The van der Waals surface area contributed by atoms with E-state index in [2.05, 4.69) is 9.71 Å². The van der Waals surface area contributed by atoms with E-state index in [9.17, 15) is 36.5 Å². The van der Waals surface area contributed by atoms with E-state index in [0.29, 0.717) is 5.56 Å². The van der Waals surface area contributed by atoms with Gasteiger partial charge in [0.25, 0.3) is 21.4 Å². The molecule has 1 aromatic heterocycles. The quantitative estimate of drug-likeness (QED) is 0.118. The molecule has 1 saturated heterocycles. The first-order valence-corrected chi connectivity index (χ1v) is 17.5. The van der Waals surface area contributed by atoms with Crippen LogP contribution in [-0.2, 0) is 40.4 Å². The van der Waals surface area contributed by atoms with E-state index < -0.39 is 78.0 Å². The molecule has 0 saturated carbocycles. The van der Waals surface area contributed by atoms with Gasteiger partial charge in [0, 0.05) is 24.2 Å². The van der Waals surface area contributed by atoms with E-state index in [1.165, 1.54) is 37.4 Å². The molecule has 0 aliphatic carbocycles. The minimum Gasteiger partial charge on any atom is -0.368 e. The van der Waals surface area contributed by atoms with Crippen LogP contribution in [0.4, 0.5) is 5.69 Å². The first kappa shape index (κ1) is 34.8. The van der Waals surface area contributed by atoms with Gasteiger partial charge >= 0.3 is 5.69 Å². The summed E-state index contributed by atoms with van der Waals surface area (Å²) in [6.07, 6.45) is -2.71. The average Bonchev–Trinajstić information content (AvgIpc) is 3.45. The number of H-pyrrole nitrogens is 1. The number of aryl methyl sites for hydroxylation is 2. The van der Waals surface area contributed by atoms with Gasteiger partial charge in [0.2, 0.25) is 10.0 Å². The summed E-state index contributed by atoms with van der Waals surface area (Å²) in [4.78, 5) is 37.2. The molecule has 0 bridgehead atoms. The van der Waals surface area contributed by atoms with Gasteiger partial charge in [0.15, 0.2) is 4.90 Å². The smallest absolute Gasteiger partial charge is 0.330 e. The molecule has 1 aliphatic heterocycles. The van der Waals surface area contributed by atoms with E-state index in [0.717, 1.165) is 22.3 Å². The Balaban J connectivity index is 1.53. The molecule has 4 atom stereocenters. The molecule has 17 heteroatoms. The minimum atomic E-state index is -4.61. The molecule has 254 valence electrons. The van der Waals surface area contributed by atoms with Gasteiger partial charge in [0.1, 0.15) is 18.4 Å². The fourth-order valence-corrected chi connectivity index (χ4v) is 7.52. The Bertz CT molecular complexity index is 2120. The highest BCUT2D eigenvalue weighted by Crippen LogP contribution is 2.34. The number of aromatic nitrogens is 2. The Morgan fingerprint density at radius 1 is 1.00 bits per heavy atom. The van der Waals surface area contributed by atoms with E-state index in [1.807, 2.05) is 0 Å². The molecule has 15 nitrogen and oxygen atoms in total. The third-order valence-electron chi connectivity index (χ3n) is 7.65. The first-order valence-electron chi connectivity index (χ1n) is 14.6. The number of para-hydroxylation sites is 1. The molecule has 4 aromatic rings. The second kappa shape index (κ2) is 14.3. The second-order valence-electron chi connectivity index (χ2n) is 11.1. The lowest BCUT2D eigenvalue weighted by Gasteiger charge is -2.28. The molecule has 1 aliphatic rings. The molecule has 2 N–H and O–H groups in total. The topological polar surface area (TPSA) is 206 Å². The van der Waals surface area contributed by atoms with E-state index >= 15 is 0 Å². The lowest BCUT2D eigenvalue weighted by molar-refractivity contribution is -0.387. The van der Waals surface area contributed by atoms with Crippen LogP contribution in [0.15, 0.2) is 104 Å². The number of hydrogen-bond donors (Lipinski definition) is 2. The standard InChI is InChI=1S/C31H32N4O11S2/c1-20-12-14-23(15-13-20)48(42,43)45-19-26(44-18-22-8-4-3-5-9-22)29-24(16-28(46-29)34-17-21(2)30(36)32-31(34)37)33-47(40,41)27-11-7-6-10-25(27)35(38)39/h3-15,17,24,26,28-29,33H,16,18-19H2,1-2H3,(H,32,36,37)/t24-,26?,28+,29-/m0/s1.